The summed E-state index contributed by atoms with van der Waals surface area (Å²) in [5.74, 6) is -0.0587. The molecule has 0 bridgehead atoms. The molecule has 6 heteroatoms. The summed E-state index contributed by atoms with van der Waals surface area (Å²) in [6.45, 7) is 6.62. The van der Waals surface area contributed by atoms with Crippen molar-refractivity contribution in [3.05, 3.63) is 65.2 Å². The fourth-order valence-electron chi connectivity index (χ4n) is 3.63. The van der Waals surface area contributed by atoms with Gasteiger partial charge in [0.25, 0.3) is 11.8 Å². The number of carbonyl (C=O) groups is 2. The Morgan fingerprint density at radius 2 is 1.93 bits per heavy atom. The lowest BCUT2D eigenvalue weighted by molar-refractivity contribution is 0.0708. The molecule has 0 spiro atoms. The number of fused-ring (bicyclic) bond motifs is 1. The highest BCUT2D eigenvalue weighted by Gasteiger charge is 2.36. The van der Waals surface area contributed by atoms with E-state index in [9.17, 15) is 9.59 Å². The molecule has 0 fully saturated rings. The molecule has 2 aromatic carbocycles. The normalized spacial score (nSPS) is 15.2. The van der Waals surface area contributed by atoms with Crippen LogP contribution >= 0.6 is 0 Å². The van der Waals surface area contributed by atoms with E-state index >= 15 is 0 Å². The van der Waals surface area contributed by atoms with Crippen molar-refractivity contribution >= 4 is 17.5 Å². The van der Waals surface area contributed by atoms with Crippen LogP contribution in [0.4, 0.5) is 5.69 Å². The van der Waals surface area contributed by atoms with Gasteiger partial charge < -0.3 is 20.3 Å². The van der Waals surface area contributed by atoms with E-state index < -0.39 is 0 Å². The predicted octanol–water partition coefficient (Wildman–Crippen LogP) is 4.21. The van der Waals surface area contributed by atoms with Gasteiger partial charge in [0.15, 0.2) is 0 Å². The largest absolute Gasteiger partial charge is 0.382 e. The number of nitrogens with zero attached hydrogens (tertiary/aromatic N) is 1. The summed E-state index contributed by atoms with van der Waals surface area (Å²) in [5, 5.41) is 6.41. The fourth-order valence-corrected chi connectivity index (χ4v) is 3.63. The molecule has 0 unspecified atom stereocenters. The number of anilines is 1. The van der Waals surface area contributed by atoms with Crippen LogP contribution in [-0.2, 0) is 4.74 Å². The smallest absolute Gasteiger partial charge is 0.256 e. The first-order chi connectivity index (χ1) is 14.7. The van der Waals surface area contributed by atoms with Crippen molar-refractivity contribution in [1.82, 2.24) is 10.2 Å². The molecule has 0 saturated heterocycles. The summed E-state index contributed by atoms with van der Waals surface area (Å²) >= 11 is 0. The Morgan fingerprint density at radius 1 is 1.10 bits per heavy atom. The molecule has 1 heterocycles. The Hall–Kier alpha value is -2.86. The monoisotopic (exact) mass is 409 g/mol. The van der Waals surface area contributed by atoms with E-state index in [1.54, 1.807) is 6.07 Å². The molecule has 3 rings (SSSR count). The molecule has 0 radical (unpaired) electrons. The highest BCUT2D eigenvalue weighted by atomic mass is 16.5. The number of rotatable bonds is 11. The standard InChI is InChI=1S/C24H31N3O3/c1-3-5-14-25-23(28)18-10-8-11-19(17-18)26-22-20-12-6-7-13-21(20)24(29)27(22)15-9-16-30-4-2/h6-8,10-13,17,22,26H,3-5,9,14-16H2,1-2H3,(H,25,28)/t22-/m0/s1. The summed E-state index contributed by atoms with van der Waals surface area (Å²) in [4.78, 5) is 27.2. The minimum Gasteiger partial charge on any atom is -0.382 e. The first-order valence-electron chi connectivity index (χ1n) is 10.8. The summed E-state index contributed by atoms with van der Waals surface area (Å²) in [5.41, 5.74) is 3.09. The fraction of sp³-hybridized carbons (Fsp3) is 0.417. The van der Waals surface area contributed by atoms with Gasteiger partial charge in [0.05, 0.1) is 0 Å². The van der Waals surface area contributed by atoms with Crippen LogP contribution in [-0.4, -0.2) is 43.0 Å². The second-order valence-electron chi connectivity index (χ2n) is 7.37. The third-order valence-corrected chi connectivity index (χ3v) is 5.19. The molecular weight excluding hydrogens is 378 g/mol. The lowest BCUT2D eigenvalue weighted by atomic mass is 10.1. The average Bonchev–Trinajstić information content (AvgIpc) is 3.03. The number of benzene rings is 2. The van der Waals surface area contributed by atoms with E-state index in [1.807, 2.05) is 54.3 Å². The van der Waals surface area contributed by atoms with Crippen molar-refractivity contribution in [2.24, 2.45) is 0 Å². The van der Waals surface area contributed by atoms with E-state index in [0.717, 1.165) is 36.1 Å². The number of hydrogen-bond acceptors (Lipinski definition) is 4. The van der Waals surface area contributed by atoms with E-state index in [1.165, 1.54) is 0 Å². The van der Waals surface area contributed by atoms with Gasteiger partial charge in [-0.25, -0.2) is 0 Å². The zero-order valence-corrected chi connectivity index (χ0v) is 17.8. The first-order valence-corrected chi connectivity index (χ1v) is 10.8. The van der Waals surface area contributed by atoms with Crippen molar-refractivity contribution in [3.63, 3.8) is 0 Å². The third-order valence-electron chi connectivity index (χ3n) is 5.19. The Kier molecular flexibility index (Phi) is 7.85. The van der Waals surface area contributed by atoms with Gasteiger partial charge in [0, 0.05) is 48.7 Å². The maximum Gasteiger partial charge on any atom is 0.256 e. The quantitative estimate of drug-likeness (QED) is 0.546. The second kappa shape index (κ2) is 10.8. The van der Waals surface area contributed by atoms with Crippen LogP contribution in [0.3, 0.4) is 0 Å². The van der Waals surface area contributed by atoms with Gasteiger partial charge in [-0.1, -0.05) is 37.6 Å². The summed E-state index contributed by atoms with van der Waals surface area (Å²) in [6, 6.07) is 15.1. The van der Waals surface area contributed by atoms with Crippen LogP contribution in [0.15, 0.2) is 48.5 Å². The molecule has 30 heavy (non-hydrogen) atoms. The van der Waals surface area contributed by atoms with Crippen LogP contribution in [0, 0.1) is 0 Å². The molecule has 2 N–H and O–H groups in total. The van der Waals surface area contributed by atoms with Crippen molar-refractivity contribution in [3.8, 4) is 0 Å². The predicted molar refractivity (Wildman–Crippen MR) is 119 cm³/mol. The van der Waals surface area contributed by atoms with Gasteiger partial charge >= 0.3 is 0 Å². The van der Waals surface area contributed by atoms with E-state index in [2.05, 4.69) is 17.6 Å². The number of amides is 2. The van der Waals surface area contributed by atoms with Crippen molar-refractivity contribution in [1.29, 1.82) is 0 Å². The molecule has 0 aliphatic carbocycles. The molecule has 0 aromatic heterocycles. The van der Waals surface area contributed by atoms with Gasteiger partial charge in [-0.3, -0.25) is 9.59 Å². The Balaban J connectivity index is 1.76. The molecule has 0 saturated carbocycles. The minimum absolute atomic E-state index is 0.0214. The molecule has 1 aliphatic rings. The zero-order valence-electron chi connectivity index (χ0n) is 17.8. The van der Waals surface area contributed by atoms with Crippen molar-refractivity contribution < 1.29 is 14.3 Å². The molecule has 1 atom stereocenters. The van der Waals surface area contributed by atoms with Crippen LogP contribution in [0.2, 0.25) is 0 Å². The Labute approximate surface area is 178 Å². The van der Waals surface area contributed by atoms with E-state index in [4.69, 9.17) is 4.74 Å². The van der Waals surface area contributed by atoms with E-state index in [0.29, 0.717) is 31.9 Å². The molecular formula is C24H31N3O3. The average molecular weight is 410 g/mol. The molecule has 2 amide bonds. The number of ether oxygens (including phenoxy) is 1. The van der Waals surface area contributed by atoms with Crippen molar-refractivity contribution in [2.45, 2.75) is 39.3 Å². The maximum atomic E-state index is 13.0. The topological polar surface area (TPSA) is 70.7 Å². The highest BCUT2D eigenvalue weighted by molar-refractivity contribution is 5.99. The summed E-state index contributed by atoms with van der Waals surface area (Å²) in [7, 11) is 0. The van der Waals surface area contributed by atoms with Crippen LogP contribution in [0.1, 0.15) is 65.6 Å². The number of unbranched alkanes of at least 4 members (excludes halogenated alkanes) is 1. The number of carbonyl (C=O) groups excluding carboxylic acids is 2. The second-order valence-corrected chi connectivity index (χ2v) is 7.37. The van der Waals surface area contributed by atoms with Gasteiger partial charge in [0.2, 0.25) is 0 Å². The third kappa shape index (κ3) is 5.19. The van der Waals surface area contributed by atoms with Crippen molar-refractivity contribution in [2.75, 3.05) is 31.6 Å². The maximum absolute atomic E-state index is 13.0. The zero-order chi connectivity index (χ0) is 21.3. The Bertz CT molecular complexity index is 868. The highest BCUT2D eigenvalue weighted by Crippen LogP contribution is 2.34. The van der Waals surface area contributed by atoms with Gasteiger partial charge in [-0.05, 0) is 44.0 Å². The SMILES string of the molecule is CCCCNC(=O)c1cccc(N[C@@H]2c3ccccc3C(=O)N2CCCOCC)c1. The van der Waals surface area contributed by atoms with Crippen LogP contribution in [0.25, 0.3) is 0 Å². The molecule has 6 nitrogen and oxygen atoms in total. The van der Waals surface area contributed by atoms with E-state index in [-0.39, 0.29) is 18.0 Å². The number of nitrogens with one attached hydrogen (secondary N) is 2. The minimum atomic E-state index is -0.270. The van der Waals surface area contributed by atoms with Gasteiger partial charge in [-0.15, -0.1) is 0 Å². The Morgan fingerprint density at radius 3 is 2.73 bits per heavy atom. The van der Waals surface area contributed by atoms with Crippen LogP contribution < -0.4 is 10.6 Å². The van der Waals surface area contributed by atoms with Gasteiger partial charge in [0.1, 0.15) is 6.17 Å². The molecule has 1 aliphatic heterocycles. The summed E-state index contributed by atoms with van der Waals surface area (Å²) in [6.07, 6.45) is 2.50. The van der Waals surface area contributed by atoms with Gasteiger partial charge in [-0.2, -0.15) is 0 Å². The lowest BCUT2D eigenvalue weighted by Gasteiger charge is -2.27. The van der Waals surface area contributed by atoms with Crippen LogP contribution in [0.5, 0.6) is 0 Å². The number of hydrogen-bond donors (Lipinski definition) is 2. The first kappa shape index (κ1) is 21.8. The molecule has 2 aromatic rings. The lowest BCUT2D eigenvalue weighted by Crippen LogP contribution is -2.33. The molecule has 160 valence electrons. The summed E-state index contributed by atoms with van der Waals surface area (Å²) < 4.78 is 5.44.